The Morgan fingerprint density at radius 3 is 2.27 bits per heavy atom. The summed E-state index contributed by atoms with van der Waals surface area (Å²) in [6.45, 7) is 3.43. The van der Waals surface area contributed by atoms with Crippen molar-refractivity contribution in [1.82, 2.24) is 14.5 Å². The van der Waals surface area contributed by atoms with Crippen LogP contribution in [0, 0.1) is 0 Å². The van der Waals surface area contributed by atoms with Gasteiger partial charge in [0, 0.05) is 44.7 Å². The van der Waals surface area contributed by atoms with Crippen LogP contribution in [0.1, 0.15) is 43.0 Å². The number of amides is 2. The molecule has 1 aromatic rings. The highest BCUT2D eigenvalue weighted by Gasteiger charge is 2.26. The highest BCUT2D eigenvalue weighted by molar-refractivity contribution is 7.89. The Hall–Kier alpha value is -1.93. The average Bonchev–Trinajstić information content (AvgIpc) is 3.13. The summed E-state index contributed by atoms with van der Waals surface area (Å²) in [4.78, 5) is 27.6. The summed E-state index contributed by atoms with van der Waals surface area (Å²) >= 11 is 0. The van der Waals surface area contributed by atoms with E-state index in [1.54, 1.807) is 21.9 Å². The molecular formula is C18H25N3O4S. The third kappa shape index (κ3) is 4.24. The molecule has 2 amide bonds. The van der Waals surface area contributed by atoms with Crippen molar-refractivity contribution in [3.05, 3.63) is 29.8 Å². The first kappa shape index (κ1) is 18.8. The normalized spacial score (nSPS) is 19.0. The molecule has 0 spiro atoms. The Kier molecular flexibility index (Phi) is 5.62. The number of carbonyl (C=O) groups is 2. The van der Waals surface area contributed by atoms with E-state index in [4.69, 9.17) is 0 Å². The van der Waals surface area contributed by atoms with E-state index in [-0.39, 0.29) is 22.8 Å². The van der Waals surface area contributed by atoms with E-state index >= 15 is 0 Å². The molecule has 0 bridgehead atoms. The Morgan fingerprint density at radius 2 is 1.65 bits per heavy atom. The molecule has 0 aromatic heterocycles. The van der Waals surface area contributed by atoms with Crippen LogP contribution >= 0.6 is 0 Å². The highest BCUT2D eigenvalue weighted by atomic mass is 32.2. The van der Waals surface area contributed by atoms with E-state index < -0.39 is 10.0 Å². The van der Waals surface area contributed by atoms with Crippen molar-refractivity contribution in [2.24, 2.45) is 0 Å². The molecule has 1 aliphatic heterocycles. The minimum atomic E-state index is -3.62. The van der Waals surface area contributed by atoms with Crippen molar-refractivity contribution < 1.29 is 18.0 Å². The summed E-state index contributed by atoms with van der Waals surface area (Å²) in [5.74, 6) is -0.200. The van der Waals surface area contributed by atoms with E-state index in [0.717, 1.165) is 25.7 Å². The molecule has 0 radical (unpaired) electrons. The van der Waals surface area contributed by atoms with Crippen LogP contribution in [0.4, 0.5) is 0 Å². The zero-order chi connectivity index (χ0) is 18.7. The highest BCUT2D eigenvalue weighted by Crippen LogP contribution is 2.21. The van der Waals surface area contributed by atoms with Crippen LogP contribution in [0.3, 0.4) is 0 Å². The Bertz CT molecular complexity index is 779. The van der Waals surface area contributed by atoms with Crippen molar-refractivity contribution in [3.63, 3.8) is 0 Å². The van der Waals surface area contributed by atoms with Gasteiger partial charge >= 0.3 is 0 Å². The van der Waals surface area contributed by atoms with Crippen LogP contribution in [0.5, 0.6) is 0 Å². The van der Waals surface area contributed by atoms with Crippen LogP contribution in [-0.4, -0.2) is 62.3 Å². The third-order valence-electron chi connectivity index (χ3n) is 5.08. The van der Waals surface area contributed by atoms with Gasteiger partial charge in [0.25, 0.3) is 5.91 Å². The van der Waals surface area contributed by atoms with E-state index in [1.165, 1.54) is 19.1 Å². The molecule has 1 heterocycles. The number of rotatable bonds is 4. The predicted octanol–water partition coefficient (Wildman–Crippen LogP) is 1.21. The average molecular weight is 379 g/mol. The molecule has 1 N–H and O–H groups in total. The first-order valence-corrected chi connectivity index (χ1v) is 10.5. The smallest absolute Gasteiger partial charge is 0.254 e. The molecule has 3 rings (SSSR count). The van der Waals surface area contributed by atoms with Crippen LogP contribution in [0.25, 0.3) is 0 Å². The van der Waals surface area contributed by atoms with Crippen molar-refractivity contribution in [1.29, 1.82) is 0 Å². The molecule has 2 fully saturated rings. The maximum atomic E-state index is 12.7. The van der Waals surface area contributed by atoms with Crippen molar-refractivity contribution in [2.75, 3.05) is 26.2 Å². The second-order valence-corrected chi connectivity index (χ2v) is 8.64. The van der Waals surface area contributed by atoms with Gasteiger partial charge in [0.05, 0.1) is 4.90 Å². The number of hydrogen-bond acceptors (Lipinski definition) is 4. The minimum Gasteiger partial charge on any atom is -0.339 e. The van der Waals surface area contributed by atoms with Gasteiger partial charge in [-0.15, -0.1) is 0 Å². The van der Waals surface area contributed by atoms with Gasteiger partial charge in [-0.1, -0.05) is 18.9 Å². The maximum Gasteiger partial charge on any atom is 0.254 e. The van der Waals surface area contributed by atoms with Gasteiger partial charge in [-0.25, -0.2) is 13.1 Å². The lowest BCUT2D eigenvalue weighted by molar-refractivity contribution is -0.130. The van der Waals surface area contributed by atoms with Crippen molar-refractivity contribution in [2.45, 2.75) is 43.5 Å². The van der Waals surface area contributed by atoms with E-state index in [2.05, 4.69) is 4.72 Å². The minimum absolute atomic E-state index is 0.00294. The summed E-state index contributed by atoms with van der Waals surface area (Å²) in [7, 11) is -3.62. The standard InChI is InChI=1S/C18H25N3O4S/c1-14(22)20-9-11-21(12-10-20)18(23)15-5-4-8-17(13-15)26(24,25)19-16-6-2-3-7-16/h4-5,8,13,16,19H,2-3,6-7,9-12H2,1H3. The zero-order valence-corrected chi connectivity index (χ0v) is 15.8. The lowest BCUT2D eigenvalue weighted by Gasteiger charge is -2.34. The number of carbonyl (C=O) groups excluding carboxylic acids is 2. The summed E-state index contributed by atoms with van der Waals surface area (Å²) in [6.07, 6.45) is 3.80. The van der Waals surface area contributed by atoms with Crippen molar-refractivity contribution >= 4 is 21.8 Å². The molecule has 142 valence electrons. The van der Waals surface area contributed by atoms with E-state index in [0.29, 0.717) is 31.7 Å². The fraction of sp³-hybridized carbons (Fsp3) is 0.556. The van der Waals surface area contributed by atoms with E-state index in [9.17, 15) is 18.0 Å². The van der Waals surface area contributed by atoms with Gasteiger partial charge in [-0.2, -0.15) is 0 Å². The Balaban J connectivity index is 1.70. The molecule has 1 saturated carbocycles. The molecule has 8 heteroatoms. The van der Waals surface area contributed by atoms with Gasteiger partial charge in [0.1, 0.15) is 0 Å². The van der Waals surface area contributed by atoms with Crippen LogP contribution in [0.2, 0.25) is 0 Å². The lowest BCUT2D eigenvalue weighted by Crippen LogP contribution is -2.50. The van der Waals surface area contributed by atoms with Crippen molar-refractivity contribution in [3.8, 4) is 0 Å². The molecule has 0 atom stereocenters. The van der Waals surface area contributed by atoms with E-state index in [1.807, 2.05) is 0 Å². The van der Waals surface area contributed by atoms with Crippen LogP contribution in [0.15, 0.2) is 29.2 Å². The molecule has 2 aliphatic rings. The number of nitrogens with one attached hydrogen (secondary N) is 1. The van der Waals surface area contributed by atoms with Gasteiger partial charge in [-0.05, 0) is 31.0 Å². The first-order valence-electron chi connectivity index (χ1n) is 9.04. The third-order valence-corrected chi connectivity index (χ3v) is 6.60. The molecule has 0 unspecified atom stereocenters. The number of benzene rings is 1. The molecule has 7 nitrogen and oxygen atoms in total. The molecule has 1 aliphatic carbocycles. The maximum absolute atomic E-state index is 12.7. The first-order chi connectivity index (χ1) is 12.4. The topological polar surface area (TPSA) is 86.8 Å². The van der Waals surface area contributed by atoms with Crippen LogP contribution in [-0.2, 0) is 14.8 Å². The second-order valence-electron chi connectivity index (χ2n) is 6.93. The van der Waals surface area contributed by atoms with Gasteiger partial charge in [0.15, 0.2) is 0 Å². The molecule has 1 aromatic carbocycles. The molecule has 26 heavy (non-hydrogen) atoms. The Labute approximate surface area is 154 Å². The van der Waals surface area contributed by atoms with Gasteiger partial charge in [-0.3, -0.25) is 9.59 Å². The SMILES string of the molecule is CC(=O)N1CCN(C(=O)c2cccc(S(=O)(=O)NC3CCCC3)c2)CC1. The van der Waals surface area contributed by atoms with Gasteiger partial charge < -0.3 is 9.80 Å². The van der Waals surface area contributed by atoms with Gasteiger partial charge in [0.2, 0.25) is 15.9 Å². The molecule has 1 saturated heterocycles. The number of sulfonamides is 1. The molecular weight excluding hydrogens is 354 g/mol. The zero-order valence-electron chi connectivity index (χ0n) is 15.0. The predicted molar refractivity (Wildman–Crippen MR) is 97.2 cm³/mol. The largest absolute Gasteiger partial charge is 0.339 e. The number of hydrogen-bond donors (Lipinski definition) is 1. The fourth-order valence-electron chi connectivity index (χ4n) is 3.53. The fourth-order valence-corrected chi connectivity index (χ4v) is 4.88. The number of piperazine rings is 1. The van der Waals surface area contributed by atoms with Crippen LogP contribution < -0.4 is 4.72 Å². The summed E-state index contributed by atoms with van der Waals surface area (Å²) in [5, 5.41) is 0. The monoisotopic (exact) mass is 379 g/mol. The summed E-state index contributed by atoms with van der Waals surface area (Å²) in [5.41, 5.74) is 0.357. The quantitative estimate of drug-likeness (QED) is 0.852. The second kappa shape index (κ2) is 7.75. The number of nitrogens with zero attached hydrogens (tertiary/aromatic N) is 2. The lowest BCUT2D eigenvalue weighted by atomic mass is 10.2. The summed E-state index contributed by atoms with van der Waals surface area (Å²) in [6, 6.07) is 6.17. The Morgan fingerprint density at radius 1 is 1.04 bits per heavy atom. The summed E-state index contributed by atoms with van der Waals surface area (Å²) < 4.78 is 27.9.